The summed E-state index contributed by atoms with van der Waals surface area (Å²) >= 11 is 0. The van der Waals surface area contributed by atoms with Crippen LogP contribution < -0.4 is 10.6 Å². The number of hydrogen-bond acceptors (Lipinski definition) is 7. The van der Waals surface area contributed by atoms with E-state index in [1.54, 1.807) is 30.6 Å². The van der Waals surface area contributed by atoms with Crippen LogP contribution in [0.3, 0.4) is 0 Å². The zero-order valence-corrected chi connectivity index (χ0v) is 16.3. The molecular weight excluding hydrogens is 385 g/mol. The lowest BCUT2D eigenvalue weighted by molar-refractivity contribution is 0.0989. The Morgan fingerprint density at radius 3 is 2.90 bits per heavy atom. The van der Waals surface area contributed by atoms with Crippen LogP contribution in [0.4, 0.5) is 15.8 Å². The minimum atomic E-state index is -0.473. The van der Waals surface area contributed by atoms with E-state index in [-0.39, 0.29) is 35.0 Å². The second kappa shape index (κ2) is 8.54. The molecule has 1 aromatic carbocycles. The summed E-state index contributed by atoms with van der Waals surface area (Å²) in [7, 11) is 0. The summed E-state index contributed by atoms with van der Waals surface area (Å²) in [5.41, 5.74) is 7.94. The van der Waals surface area contributed by atoms with Crippen LogP contribution in [0.1, 0.15) is 28.9 Å². The second-order valence-corrected chi connectivity index (χ2v) is 7.32. The number of nitrogens with two attached hydrogens (primary N) is 1. The van der Waals surface area contributed by atoms with Crippen molar-refractivity contribution < 1.29 is 14.3 Å². The van der Waals surface area contributed by atoms with Gasteiger partial charge in [-0.25, -0.2) is 14.4 Å². The lowest BCUT2D eigenvalue weighted by Gasteiger charge is -2.33. The number of carbonyl (C=O) groups excluding carboxylic acids is 1. The number of benzene rings is 1. The third-order valence-electron chi connectivity index (χ3n) is 5.16. The van der Waals surface area contributed by atoms with Gasteiger partial charge in [-0.3, -0.25) is 9.78 Å². The average Bonchev–Trinajstić information content (AvgIpc) is 2.75. The molecule has 0 bridgehead atoms. The van der Waals surface area contributed by atoms with Crippen LogP contribution in [0, 0.1) is 5.82 Å². The molecule has 4 rings (SSSR count). The number of halogens is 1. The van der Waals surface area contributed by atoms with E-state index in [1.807, 2.05) is 6.07 Å². The minimum absolute atomic E-state index is 0.0354. The molecular formula is C22H22FN5O2. The summed E-state index contributed by atoms with van der Waals surface area (Å²) in [5, 5.41) is 10.0. The molecule has 7 nitrogen and oxygen atoms in total. The Bertz CT molecular complexity index is 1070. The zero-order valence-electron chi connectivity index (χ0n) is 16.3. The van der Waals surface area contributed by atoms with Crippen molar-refractivity contribution in [1.29, 1.82) is 0 Å². The monoisotopic (exact) mass is 407 g/mol. The van der Waals surface area contributed by atoms with Gasteiger partial charge in [-0.05, 0) is 31.0 Å². The Morgan fingerprint density at radius 1 is 1.27 bits per heavy atom. The molecule has 0 amide bonds. The fourth-order valence-corrected chi connectivity index (χ4v) is 3.68. The van der Waals surface area contributed by atoms with Crippen molar-refractivity contribution in [2.75, 3.05) is 23.7 Å². The number of anilines is 2. The molecule has 0 spiro atoms. The standard InChI is InChI=1S/C22H22FN5O2/c23-17-6-2-1-5-16(17)22-26-12-18(24)21(27-22)20(30)10-14-11-25-8-7-19(14)28-9-3-4-15(29)13-28/h1-2,5-8,11-12,15,29H,3-4,9-10,13,24H2/t15-/m0/s1. The van der Waals surface area contributed by atoms with Crippen LogP contribution in [0.15, 0.2) is 48.9 Å². The van der Waals surface area contributed by atoms with Gasteiger partial charge in [-0.1, -0.05) is 12.1 Å². The highest BCUT2D eigenvalue weighted by Gasteiger charge is 2.22. The molecule has 1 aliphatic heterocycles. The zero-order chi connectivity index (χ0) is 21.1. The molecule has 1 aliphatic rings. The Hall–Kier alpha value is -3.39. The molecule has 0 aliphatic carbocycles. The Balaban J connectivity index is 1.62. The fourth-order valence-electron chi connectivity index (χ4n) is 3.68. The van der Waals surface area contributed by atoms with Gasteiger partial charge in [0.15, 0.2) is 11.6 Å². The summed E-state index contributed by atoms with van der Waals surface area (Å²) in [5.74, 6) is -0.672. The number of carbonyl (C=O) groups is 1. The molecule has 3 N–H and O–H groups in total. The number of nitrogens with zero attached hydrogens (tertiary/aromatic N) is 4. The molecule has 0 radical (unpaired) electrons. The fraction of sp³-hybridized carbons (Fsp3) is 0.273. The number of aromatic nitrogens is 3. The first-order valence-electron chi connectivity index (χ1n) is 9.79. The number of ketones is 1. The first-order valence-corrected chi connectivity index (χ1v) is 9.79. The maximum absolute atomic E-state index is 14.1. The first kappa shape index (κ1) is 19.9. The van der Waals surface area contributed by atoms with E-state index in [0.717, 1.165) is 30.6 Å². The third-order valence-corrected chi connectivity index (χ3v) is 5.16. The molecule has 2 aromatic heterocycles. The molecule has 3 aromatic rings. The van der Waals surface area contributed by atoms with Gasteiger partial charge in [0, 0.05) is 43.2 Å². The highest BCUT2D eigenvalue weighted by Crippen LogP contribution is 2.26. The highest BCUT2D eigenvalue weighted by molar-refractivity contribution is 6.00. The number of β-amino-alcohol motifs (C(OH)–C–C–N with tert-alkyl or cyclic N) is 1. The number of aliphatic hydroxyl groups is 1. The van der Waals surface area contributed by atoms with Crippen LogP contribution >= 0.6 is 0 Å². The number of aliphatic hydroxyl groups excluding tert-OH is 1. The molecule has 0 saturated carbocycles. The molecule has 1 fully saturated rings. The second-order valence-electron chi connectivity index (χ2n) is 7.32. The number of Topliss-reactive ketones (excluding diaryl/α,β-unsaturated/α-hetero) is 1. The minimum Gasteiger partial charge on any atom is -0.396 e. The van der Waals surface area contributed by atoms with Crippen molar-refractivity contribution in [3.63, 3.8) is 0 Å². The van der Waals surface area contributed by atoms with E-state index in [2.05, 4.69) is 19.9 Å². The van der Waals surface area contributed by atoms with E-state index in [1.165, 1.54) is 12.3 Å². The highest BCUT2D eigenvalue weighted by atomic mass is 19.1. The first-order chi connectivity index (χ1) is 14.5. The van der Waals surface area contributed by atoms with Gasteiger partial charge in [-0.15, -0.1) is 0 Å². The SMILES string of the molecule is Nc1cnc(-c2ccccc2F)nc1C(=O)Cc1cnccc1N1CCC[C@H](O)C1. The number of piperidine rings is 1. The summed E-state index contributed by atoms with van der Waals surface area (Å²) in [4.78, 5) is 27.6. The normalized spacial score (nSPS) is 16.5. The van der Waals surface area contributed by atoms with Gasteiger partial charge in [0.1, 0.15) is 11.5 Å². The topological polar surface area (TPSA) is 105 Å². The van der Waals surface area contributed by atoms with E-state index in [9.17, 15) is 14.3 Å². The molecule has 1 saturated heterocycles. The smallest absolute Gasteiger partial charge is 0.187 e. The summed E-state index contributed by atoms with van der Waals surface area (Å²) < 4.78 is 14.1. The Kier molecular flexibility index (Phi) is 5.67. The van der Waals surface area contributed by atoms with Crippen molar-refractivity contribution in [3.8, 4) is 11.4 Å². The number of nitrogen functional groups attached to an aromatic ring is 1. The molecule has 8 heteroatoms. The quantitative estimate of drug-likeness (QED) is 0.627. The maximum Gasteiger partial charge on any atom is 0.187 e. The van der Waals surface area contributed by atoms with Crippen molar-refractivity contribution in [2.24, 2.45) is 0 Å². The number of pyridine rings is 1. The lowest BCUT2D eigenvalue weighted by Crippen LogP contribution is -2.38. The molecule has 154 valence electrons. The lowest BCUT2D eigenvalue weighted by atomic mass is 10.0. The Morgan fingerprint density at radius 2 is 2.10 bits per heavy atom. The van der Waals surface area contributed by atoms with Crippen LogP contribution in [0.5, 0.6) is 0 Å². The predicted molar refractivity (Wildman–Crippen MR) is 112 cm³/mol. The predicted octanol–water partition coefficient (Wildman–Crippen LogP) is 2.65. The average molecular weight is 407 g/mol. The van der Waals surface area contributed by atoms with Gasteiger partial charge in [0.2, 0.25) is 0 Å². The van der Waals surface area contributed by atoms with Crippen molar-refractivity contribution in [3.05, 3.63) is 66.0 Å². The largest absolute Gasteiger partial charge is 0.396 e. The third kappa shape index (κ3) is 4.13. The van der Waals surface area contributed by atoms with Crippen molar-refractivity contribution in [1.82, 2.24) is 15.0 Å². The van der Waals surface area contributed by atoms with Crippen molar-refractivity contribution in [2.45, 2.75) is 25.4 Å². The molecule has 30 heavy (non-hydrogen) atoms. The number of rotatable bonds is 5. The van der Waals surface area contributed by atoms with Gasteiger partial charge in [0.25, 0.3) is 0 Å². The van der Waals surface area contributed by atoms with Gasteiger partial charge >= 0.3 is 0 Å². The van der Waals surface area contributed by atoms with Crippen LogP contribution in [-0.2, 0) is 6.42 Å². The molecule has 1 atom stereocenters. The Labute approximate surface area is 173 Å². The van der Waals surface area contributed by atoms with Crippen LogP contribution in [0.2, 0.25) is 0 Å². The van der Waals surface area contributed by atoms with E-state index in [4.69, 9.17) is 5.73 Å². The number of hydrogen-bond donors (Lipinski definition) is 2. The molecule has 3 heterocycles. The van der Waals surface area contributed by atoms with Crippen LogP contribution in [0.25, 0.3) is 11.4 Å². The van der Waals surface area contributed by atoms with Gasteiger partial charge in [-0.2, -0.15) is 0 Å². The van der Waals surface area contributed by atoms with Crippen LogP contribution in [-0.4, -0.2) is 45.0 Å². The van der Waals surface area contributed by atoms with E-state index in [0.29, 0.717) is 6.54 Å². The van der Waals surface area contributed by atoms with Crippen molar-refractivity contribution >= 4 is 17.2 Å². The summed E-state index contributed by atoms with van der Waals surface area (Å²) in [6, 6.07) is 7.95. The van der Waals surface area contributed by atoms with Gasteiger partial charge < -0.3 is 15.7 Å². The summed E-state index contributed by atoms with van der Waals surface area (Å²) in [6.45, 7) is 1.31. The van der Waals surface area contributed by atoms with Gasteiger partial charge in [0.05, 0.1) is 23.6 Å². The van der Waals surface area contributed by atoms with E-state index >= 15 is 0 Å². The molecule has 0 unspecified atom stereocenters. The van der Waals surface area contributed by atoms with E-state index < -0.39 is 11.9 Å². The summed E-state index contributed by atoms with van der Waals surface area (Å²) in [6.07, 6.45) is 5.92. The maximum atomic E-state index is 14.1.